The van der Waals surface area contributed by atoms with Crippen LogP contribution in [0.25, 0.3) is 22.3 Å². The van der Waals surface area contributed by atoms with E-state index in [0.29, 0.717) is 24.3 Å². The molecule has 1 fully saturated rings. The van der Waals surface area contributed by atoms with E-state index in [-0.39, 0.29) is 5.91 Å². The van der Waals surface area contributed by atoms with Gasteiger partial charge in [-0.2, -0.15) is 0 Å². The number of hydrogen-bond acceptors (Lipinski definition) is 5. The van der Waals surface area contributed by atoms with Gasteiger partial charge in [-0.15, -0.1) is 0 Å². The van der Waals surface area contributed by atoms with Crippen LogP contribution in [0.2, 0.25) is 0 Å². The van der Waals surface area contributed by atoms with Crippen molar-refractivity contribution in [3.8, 4) is 17.1 Å². The van der Waals surface area contributed by atoms with Crippen molar-refractivity contribution in [3.05, 3.63) is 84.6 Å². The third-order valence-electron chi connectivity index (χ3n) is 5.87. The topological polar surface area (TPSA) is 58.6 Å². The predicted octanol–water partition coefficient (Wildman–Crippen LogP) is 4.27. The number of piperazine rings is 1. The van der Waals surface area contributed by atoms with Crippen LogP contribution in [0.1, 0.15) is 10.4 Å². The van der Waals surface area contributed by atoms with Gasteiger partial charge in [-0.3, -0.25) is 9.78 Å². The van der Waals surface area contributed by atoms with Gasteiger partial charge in [0.05, 0.1) is 35.3 Å². The zero-order valence-corrected chi connectivity index (χ0v) is 17.9. The Kier molecular flexibility index (Phi) is 5.42. The highest BCUT2D eigenvalue weighted by Gasteiger charge is 2.25. The molecule has 0 bridgehead atoms. The molecule has 0 spiro atoms. The summed E-state index contributed by atoms with van der Waals surface area (Å²) in [6, 6.07) is 23.4. The number of ether oxygens (including phenoxy) is 1. The van der Waals surface area contributed by atoms with Gasteiger partial charge in [-0.05, 0) is 36.4 Å². The molecule has 1 amide bonds. The number of hydrogen-bond donors (Lipinski definition) is 0. The Bertz CT molecular complexity index is 1250. The number of benzene rings is 2. The van der Waals surface area contributed by atoms with Crippen LogP contribution >= 0.6 is 0 Å². The van der Waals surface area contributed by atoms with E-state index in [1.54, 1.807) is 13.3 Å². The number of pyridine rings is 2. The second-order valence-electron chi connectivity index (χ2n) is 7.74. The third kappa shape index (κ3) is 3.75. The van der Waals surface area contributed by atoms with Gasteiger partial charge in [0.25, 0.3) is 5.91 Å². The summed E-state index contributed by atoms with van der Waals surface area (Å²) in [5, 5.41) is 0.865. The molecule has 32 heavy (non-hydrogen) atoms. The molecule has 2 aromatic carbocycles. The number of aromatic nitrogens is 2. The van der Waals surface area contributed by atoms with Gasteiger partial charge in [-0.1, -0.05) is 36.4 Å². The number of anilines is 1. The molecule has 4 aromatic rings. The molecule has 0 unspecified atom stereocenters. The van der Waals surface area contributed by atoms with Crippen molar-refractivity contribution in [1.29, 1.82) is 0 Å². The van der Waals surface area contributed by atoms with Crippen LogP contribution in [0.5, 0.6) is 5.75 Å². The minimum absolute atomic E-state index is 0.0282. The first-order valence-electron chi connectivity index (χ1n) is 10.7. The minimum Gasteiger partial charge on any atom is -0.495 e. The van der Waals surface area contributed by atoms with E-state index < -0.39 is 0 Å². The smallest absolute Gasteiger partial charge is 0.254 e. The van der Waals surface area contributed by atoms with E-state index in [1.807, 2.05) is 71.6 Å². The second-order valence-corrected chi connectivity index (χ2v) is 7.74. The van der Waals surface area contributed by atoms with Crippen molar-refractivity contribution < 1.29 is 9.53 Å². The summed E-state index contributed by atoms with van der Waals surface area (Å²) in [6.07, 6.45) is 1.74. The molecule has 6 heteroatoms. The molecular formula is C26H24N4O2. The first-order valence-corrected chi connectivity index (χ1v) is 10.7. The molecule has 0 aliphatic carbocycles. The van der Waals surface area contributed by atoms with Crippen LogP contribution in [0.3, 0.4) is 0 Å². The maximum absolute atomic E-state index is 13.6. The van der Waals surface area contributed by atoms with E-state index in [0.717, 1.165) is 41.1 Å². The van der Waals surface area contributed by atoms with E-state index in [2.05, 4.69) is 16.0 Å². The summed E-state index contributed by atoms with van der Waals surface area (Å²) in [4.78, 5) is 27.0. The average Bonchev–Trinajstić information content (AvgIpc) is 2.88. The van der Waals surface area contributed by atoms with Crippen molar-refractivity contribution in [1.82, 2.24) is 14.9 Å². The van der Waals surface area contributed by atoms with Gasteiger partial charge in [0.1, 0.15) is 5.75 Å². The Morgan fingerprint density at radius 1 is 0.875 bits per heavy atom. The summed E-state index contributed by atoms with van der Waals surface area (Å²) in [6.45, 7) is 2.79. The normalized spacial score (nSPS) is 13.9. The van der Waals surface area contributed by atoms with Crippen LogP contribution in [0.15, 0.2) is 79.0 Å². The maximum atomic E-state index is 13.6. The molecule has 0 saturated carbocycles. The van der Waals surface area contributed by atoms with Crippen LogP contribution in [0.4, 0.5) is 5.69 Å². The van der Waals surface area contributed by atoms with Crippen molar-refractivity contribution in [2.75, 3.05) is 38.2 Å². The minimum atomic E-state index is 0.0282. The number of methoxy groups -OCH3 is 1. The Labute approximate surface area is 187 Å². The number of nitrogens with zero attached hydrogens (tertiary/aromatic N) is 4. The molecule has 2 aromatic heterocycles. The Morgan fingerprint density at radius 2 is 1.62 bits per heavy atom. The molecule has 6 nitrogen and oxygen atoms in total. The number of amides is 1. The summed E-state index contributed by atoms with van der Waals surface area (Å²) in [7, 11) is 1.69. The average molecular weight is 425 g/mol. The Balaban J connectivity index is 1.43. The monoisotopic (exact) mass is 424 g/mol. The molecule has 5 rings (SSSR count). The standard InChI is InChI=1S/C26H24N4O2/c1-32-25-12-5-4-11-24(25)29-14-16-30(17-15-29)26(31)20-18-23(22-10-6-7-13-27-22)28-21-9-3-2-8-19(20)21/h2-13,18H,14-17H2,1H3. The van der Waals surface area contributed by atoms with Gasteiger partial charge in [0.2, 0.25) is 0 Å². The van der Waals surface area contributed by atoms with Crippen molar-refractivity contribution >= 4 is 22.5 Å². The number of carbonyl (C=O) groups excluding carboxylic acids is 1. The van der Waals surface area contributed by atoms with Crippen LogP contribution in [0, 0.1) is 0 Å². The van der Waals surface area contributed by atoms with Gasteiger partial charge >= 0.3 is 0 Å². The lowest BCUT2D eigenvalue weighted by molar-refractivity contribution is 0.0748. The lowest BCUT2D eigenvalue weighted by Crippen LogP contribution is -2.49. The maximum Gasteiger partial charge on any atom is 0.254 e. The van der Waals surface area contributed by atoms with Crippen molar-refractivity contribution in [3.63, 3.8) is 0 Å². The lowest BCUT2D eigenvalue weighted by Gasteiger charge is -2.36. The largest absolute Gasteiger partial charge is 0.495 e. The van der Waals surface area contributed by atoms with Crippen LogP contribution < -0.4 is 9.64 Å². The third-order valence-corrected chi connectivity index (χ3v) is 5.87. The second kappa shape index (κ2) is 8.67. The van der Waals surface area contributed by atoms with Crippen molar-refractivity contribution in [2.24, 2.45) is 0 Å². The Morgan fingerprint density at radius 3 is 2.41 bits per heavy atom. The zero-order valence-electron chi connectivity index (χ0n) is 17.9. The fraction of sp³-hybridized carbons (Fsp3) is 0.192. The number of para-hydroxylation sites is 3. The highest BCUT2D eigenvalue weighted by atomic mass is 16.5. The summed E-state index contributed by atoms with van der Waals surface area (Å²) in [5.74, 6) is 0.882. The van der Waals surface area contributed by atoms with Crippen molar-refractivity contribution in [2.45, 2.75) is 0 Å². The fourth-order valence-electron chi connectivity index (χ4n) is 4.21. The fourth-order valence-corrected chi connectivity index (χ4v) is 4.21. The SMILES string of the molecule is COc1ccccc1N1CCN(C(=O)c2cc(-c3ccccn3)nc3ccccc23)CC1. The van der Waals surface area contributed by atoms with Gasteiger partial charge in [-0.25, -0.2) is 4.98 Å². The zero-order chi connectivity index (χ0) is 21.9. The van der Waals surface area contributed by atoms with E-state index in [4.69, 9.17) is 9.72 Å². The number of carbonyl (C=O) groups is 1. The van der Waals surface area contributed by atoms with Gasteiger partial charge < -0.3 is 14.5 Å². The first-order chi connectivity index (χ1) is 15.7. The summed E-state index contributed by atoms with van der Waals surface area (Å²) in [5.41, 5.74) is 4.00. The van der Waals surface area contributed by atoms with E-state index in [1.165, 1.54) is 0 Å². The first kappa shape index (κ1) is 20.0. The molecule has 3 heterocycles. The van der Waals surface area contributed by atoms with E-state index >= 15 is 0 Å². The molecule has 1 aliphatic rings. The molecule has 0 N–H and O–H groups in total. The summed E-state index contributed by atoms with van der Waals surface area (Å²) < 4.78 is 5.51. The highest BCUT2D eigenvalue weighted by Crippen LogP contribution is 2.29. The van der Waals surface area contributed by atoms with Gasteiger partial charge in [0, 0.05) is 37.8 Å². The number of fused-ring (bicyclic) bond motifs is 1. The van der Waals surface area contributed by atoms with Crippen LogP contribution in [-0.2, 0) is 0 Å². The predicted molar refractivity (Wildman–Crippen MR) is 126 cm³/mol. The highest BCUT2D eigenvalue weighted by molar-refractivity contribution is 6.07. The molecular weight excluding hydrogens is 400 g/mol. The summed E-state index contributed by atoms with van der Waals surface area (Å²) >= 11 is 0. The molecule has 160 valence electrons. The molecule has 0 radical (unpaired) electrons. The molecule has 0 atom stereocenters. The lowest BCUT2D eigenvalue weighted by atomic mass is 10.0. The Hall–Kier alpha value is -3.93. The van der Waals surface area contributed by atoms with Gasteiger partial charge in [0.15, 0.2) is 0 Å². The molecule has 1 saturated heterocycles. The number of rotatable bonds is 4. The van der Waals surface area contributed by atoms with Crippen LogP contribution in [-0.4, -0.2) is 54.1 Å². The molecule has 1 aliphatic heterocycles. The van der Waals surface area contributed by atoms with E-state index in [9.17, 15) is 4.79 Å². The quantitative estimate of drug-likeness (QED) is 0.490.